The molecule has 86 valence electrons. The van der Waals surface area contributed by atoms with Crippen LogP contribution in [0.1, 0.15) is 11.5 Å². The van der Waals surface area contributed by atoms with E-state index in [9.17, 15) is 0 Å². The highest BCUT2D eigenvalue weighted by Crippen LogP contribution is 2.00. The number of anilines is 1. The van der Waals surface area contributed by atoms with Crippen LogP contribution in [0.25, 0.3) is 0 Å². The fraction of sp³-hybridized carbons (Fsp3) is 0.300. The quantitative estimate of drug-likeness (QED) is 0.801. The van der Waals surface area contributed by atoms with Crippen molar-refractivity contribution in [2.45, 2.75) is 6.42 Å². The molecule has 2 aromatic rings. The molecule has 0 fully saturated rings. The summed E-state index contributed by atoms with van der Waals surface area (Å²) in [4.78, 5) is 7.96. The SMILES string of the molecule is Cn1cnnc1CCNc1cnc(C#N)cn1. The summed E-state index contributed by atoms with van der Waals surface area (Å²) in [6, 6.07) is 1.92. The maximum absolute atomic E-state index is 8.57. The van der Waals surface area contributed by atoms with Crippen molar-refractivity contribution in [3.8, 4) is 6.07 Å². The topological polar surface area (TPSA) is 92.3 Å². The van der Waals surface area contributed by atoms with Gasteiger partial charge in [-0.25, -0.2) is 9.97 Å². The van der Waals surface area contributed by atoms with Crippen LogP contribution in [-0.4, -0.2) is 31.3 Å². The lowest BCUT2D eigenvalue weighted by molar-refractivity contribution is 0.787. The fourth-order valence-electron chi connectivity index (χ4n) is 1.31. The smallest absolute Gasteiger partial charge is 0.158 e. The average molecular weight is 229 g/mol. The highest BCUT2D eigenvalue weighted by atomic mass is 15.2. The van der Waals surface area contributed by atoms with E-state index in [4.69, 9.17) is 5.26 Å². The summed E-state index contributed by atoms with van der Waals surface area (Å²) in [7, 11) is 1.90. The first-order valence-corrected chi connectivity index (χ1v) is 5.08. The molecule has 0 bridgehead atoms. The van der Waals surface area contributed by atoms with Gasteiger partial charge in [-0.1, -0.05) is 0 Å². The maximum Gasteiger partial charge on any atom is 0.158 e. The molecule has 0 spiro atoms. The maximum atomic E-state index is 8.57. The van der Waals surface area contributed by atoms with Gasteiger partial charge < -0.3 is 9.88 Å². The molecule has 17 heavy (non-hydrogen) atoms. The van der Waals surface area contributed by atoms with Crippen molar-refractivity contribution in [1.29, 1.82) is 5.26 Å². The number of rotatable bonds is 4. The Hall–Kier alpha value is -2.49. The van der Waals surface area contributed by atoms with Crippen molar-refractivity contribution in [2.75, 3.05) is 11.9 Å². The second-order valence-electron chi connectivity index (χ2n) is 3.43. The molecule has 2 heterocycles. The van der Waals surface area contributed by atoms with Gasteiger partial charge in [0.25, 0.3) is 0 Å². The second-order valence-corrected chi connectivity index (χ2v) is 3.43. The third-order valence-electron chi connectivity index (χ3n) is 2.23. The van der Waals surface area contributed by atoms with Gasteiger partial charge in [0.05, 0.1) is 12.4 Å². The Bertz CT molecular complexity index is 522. The lowest BCUT2D eigenvalue weighted by Crippen LogP contribution is -2.09. The number of hydrogen-bond donors (Lipinski definition) is 1. The Balaban J connectivity index is 1.86. The molecule has 0 saturated heterocycles. The summed E-state index contributed by atoms with van der Waals surface area (Å²) in [5.74, 6) is 1.55. The lowest BCUT2D eigenvalue weighted by atomic mass is 10.4. The molecule has 2 rings (SSSR count). The molecule has 0 saturated carbocycles. The van der Waals surface area contributed by atoms with Crippen molar-refractivity contribution in [3.63, 3.8) is 0 Å². The first kappa shape index (κ1) is 11.0. The van der Waals surface area contributed by atoms with Crippen LogP contribution < -0.4 is 5.32 Å². The van der Waals surface area contributed by atoms with Gasteiger partial charge in [0.15, 0.2) is 5.69 Å². The van der Waals surface area contributed by atoms with Gasteiger partial charge in [-0.15, -0.1) is 10.2 Å². The first-order chi connectivity index (χ1) is 8.29. The van der Waals surface area contributed by atoms with E-state index in [2.05, 4.69) is 25.5 Å². The van der Waals surface area contributed by atoms with Gasteiger partial charge in [-0.3, -0.25) is 0 Å². The highest BCUT2D eigenvalue weighted by Gasteiger charge is 2.00. The van der Waals surface area contributed by atoms with Gasteiger partial charge in [-0.2, -0.15) is 5.26 Å². The minimum Gasteiger partial charge on any atom is -0.368 e. The van der Waals surface area contributed by atoms with Crippen molar-refractivity contribution in [2.24, 2.45) is 7.05 Å². The van der Waals surface area contributed by atoms with E-state index in [1.807, 2.05) is 17.7 Å². The van der Waals surface area contributed by atoms with Crippen molar-refractivity contribution >= 4 is 5.82 Å². The molecule has 0 atom stereocenters. The van der Waals surface area contributed by atoms with Crippen LogP contribution >= 0.6 is 0 Å². The van der Waals surface area contributed by atoms with E-state index >= 15 is 0 Å². The number of nitrogens with zero attached hydrogens (tertiary/aromatic N) is 6. The van der Waals surface area contributed by atoms with Crippen LogP contribution in [0.5, 0.6) is 0 Å². The first-order valence-electron chi connectivity index (χ1n) is 5.08. The van der Waals surface area contributed by atoms with Crippen LogP contribution in [0.3, 0.4) is 0 Å². The van der Waals surface area contributed by atoms with Crippen molar-refractivity contribution in [3.05, 3.63) is 30.2 Å². The summed E-state index contributed by atoms with van der Waals surface area (Å²) >= 11 is 0. The largest absolute Gasteiger partial charge is 0.368 e. The Morgan fingerprint density at radius 1 is 1.41 bits per heavy atom. The molecule has 2 aromatic heterocycles. The van der Waals surface area contributed by atoms with E-state index < -0.39 is 0 Å². The zero-order valence-corrected chi connectivity index (χ0v) is 9.33. The predicted molar refractivity (Wildman–Crippen MR) is 59.9 cm³/mol. The molecule has 0 aromatic carbocycles. The minimum atomic E-state index is 0.309. The normalized spacial score (nSPS) is 9.88. The van der Waals surface area contributed by atoms with E-state index in [-0.39, 0.29) is 0 Å². The molecule has 7 heteroatoms. The zero-order valence-electron chi connectivity index (χ0n) is 9.33. The van der Waals surface area contributed by atoms with Crippen LogP contribution in [0.4, 0.5) is 5.82 Å². The van der Waals surface area contributed by atoms with Crippen LogP contribution in [0, 0.1) is 11.3 Å². The summed E-state index contributed by atoms with van der Waals surface area (Å²) in [5.41, 5.74) is 0.309. The lowest BCUT2D eigenvalue weighted by Gasteiger charge is -2.04. The number of hydrogen-bond acceptors (Lipinski definition) is 6. The van der Waals surface area contributed by atoms with Crippen LogP contribution in [0.2, 0.25) is 0 Å². The van der Waals surface area contributed by atoms with E-state index in [0.717, 1.165) is 12.2 Å². The molecule has 1 N–H and O–H groups in total. The minimum absolute atomic E-state index is 0.309. The molecule has 0 aliphatic rings. The van der Waals surface area contributed by atoms with E-state index in [1.165, 1.54) is 12.4 Å². The van der Waals surface area contributed by atoms with E-state index in [1.54, 1.807) is 6.33 Å². The fourth-order valence-corrected chi connectivity index (χ4v) is 1.31. The summed E-state index contributed by atoms with van der Waals surface area (Å²) < 4.78 is 1.87. The molecule has 0 radical (unpaired) electrons. The summed E-state index contributed by atoms with van der Waals surface area (Å²) in [6.07, 6.45) is 5.38. The molecule has 0 aliphatic heterocycles. The number of nitriles is 1. The molecule has 0 aliphatic carbocycles. The zero-order chi connectivity index (χ0) is 12.1. The van der Waals surface area contributed by atoms with Gasteiger partial charge >= 0.3 is 0 Å². The Labute approximate surface area is 98.2 Å². The molecular formula is C10H11N7. The van der Waals surface area contributed by atoms with Gasteiger partial charge in [0.1, 0.15) is 24.0 Å². The Morgan fingerprint density at radius 2 is 2.29 bits per heavy atom. The van der Waals surface area contributed by atoms with Crippen molar-refractivity contribution in [1.82, 2.24) is 24.7 Å². The van der Waals surface area contributed by atoms with Crippen LogP contribution in [0.15, 0.2) is 18.7 Å². The third-order valence-corrected chi connectivity index (χ3v) is 2.23. The van der Waals surface area contributed by atoms with Gasteiger partial charge in [0.2, 0.25) is 0 Å². The monoisotopic (exact) mass is 229 g/mol. The summed E-state index contributed by atoms with van der Waals surface area (Å²) in [5, 5.41) is 19.4. The van der Waals surface area contributed by atoms with Gasteiger partial charge in [-0.05, 0) is 0 Å². The van der Waals surface area contributed by atoms with Gasteiger partial charge in [0, 0.05) is 20.0 Å². The number of aromatic nitrogens is 5. The van der Waals surface area contributed by atoms with Crippen LogP contribution in [-0.2, 0) is 13.5 Å². The van der Waals surface area contributed by atoms with Crippen molar-refractivity contribution < 1.29 is 0 Å². The highest BCUT2D eigenvalue weighted by molar-refractivity contribution is 5.33. The Kier molecular flexibility index (Phi) is 3.25. The second kappa shape index (κ2) is 5.03. The predicted octanol–water partition coefficient (Wildman–Crippen LogP) is 0.131. The molecule has 7 nitrogen and oxygen atoms in total. The molecular weight excluding hydrogens is 218 g/mol. The standard InChI is InChI=1S/C10H11N7/c1-17-7-15-16-10(17)2-3-12-9-6-13-8(4-11)5-14-9/h5-7H,2-3H2,1H3,(H,12,14). The third kappa shape index (κ3) is 2.75. The molecule has 0 unspecified atom stereocenters. The molecule has 0 amide bonds. The van der Waals surface area contributed by atoms with E-state index in [0.29, 0.717) is 18.1 Å². The Morgan fingerprint density at radius 3 is 2.88 bits per heavy atom. The summed E-state index contributed by atoms with van der Waals surface area (Å²) in [6.45, 7) is 0.688. The number of aryl methyl sites for hydroxylation is 1. The number of nitrogens with one attached hydrogen (secondary N) is 1. The average Bonchev–Trinajstić information content (AvgIpc) is 2.76.